The molecule has 0 radical (unpaired) electrons. The molecular formula is C16H16F3NO. The maximum absolute atomic E-state index is 13.0. The highest BCUT2D eigenvalue weighted by Gasteiger charge is 2.33. The Balaban J connectivity index is 2.42. The van der Waals surface area contributed by atoms with Gasteiger partial charge in [-0.15, -0.1) is 0 Å². The predicted molar refractivity (Wildman–Crippen MR) is 76.2 cm³/mol. The van der Waals surface area contributed by atoms with Crippen molar-refractivity contribution in [1.82, 2.24) is 0 Å². The Morgan fingerprint density at radius 3 is 2.43 bits per heavy atom. The Bertz CT molecular complexity index is 623. The van der Waals surface area contributed by atoms with E-state index < -0.39 is 11.7 Å². The molecule has 0 heterocycles. The molecular weight excluding hydrogens is 279 g/mol. The van der Waals surface area contributed by atoms with Crippen LogP contribution in [0.4, 0.5) is 13.2 Å². The Hall–Kier alpha value is -2.01. The van der Waals surface area contributed by atoms with E-state index in [4.69, 9.17) is 10.5 Å². The Kier molecular flexibility index (Phi) is 4.53. The minimum absolute atomic E-state index is 0.165. The highest BCUT2D eigenvalue weighted by Crippen LogP contribution is 2.37. The molecule has 0 spiro atoms. The largest absolute Gasteiger partial charge is 0.492 e. The summed E-state index contributed by atoms with van der Waals surface area (Å²) < 4.78 is 44.6. The second kappa shape index (κ2) is 6.18. The molecule has 0 saturated carbocycles. The van der Waals surface area contributed by atoms with Gasteiger partial charge in [-0.05, 0) is 41.8 Å². The van der Waals surface area contributed by atoms with Crippen molar-refractivity contribution in [2.75, 3.05) is 13.2 Å². The van der Waals surface area contributed by atoms with E-state index in [1.54, 1.807) is 31.2 Å². The fraction of sp³-hybridized carbons (Fsp3) is 0.250. The van der Waals surface area contributed by atoms with Crippen molar-refractivity contribution in [1.29, 1.82) is 0 Å². The SMILES string of the molecule is Cc1cc(-c2ccccc2C(F)(F)F)ccc1OCCN. The molecule has 2 aromatic carbocycles. The molecule has 0 amide bonds. The summed E-state index contributed by atoms with van der Waals surface area (Å²) in [5.74, 6) is 0.633. The second-order valence-corrected chi connectivity index (χ2v) is 4.66. The van der Waals surface area contributed by atoms with Crippen molar-refractivity contribution in [3.8, 4) is 16.9 Å². The lowest BCUT2D eigenvalue weighted by atomic mass is 9.98. The number of hydrogen-bond acceptors (Lipinski definition) is 2. The molecule has 0 aliphatic heterocycles. The molecule has 5 heteroatoms. The van der Waals surface area contributed by atoms with Gasteiger partial charge in [-0.2, -0.15) is 13.2 Å². The molecule has 2 aromatic rings. The topological polar surface area (TPSA) is 35.2 Å². The van der Waals surface area contributed by atoms with Crippen LogP contribution in [-0.4, -0.2) is 13.2 Å². The maximum atomic E-state index is 13.0. The zero-order chi connectivity index (χ0) is 15.5. The molecule has 0 bridgehead atoms. The van der Waals surface area contributed by atoms with Gasteiger partial charge in [0.2, 0.25) is 0 Å². The fourth-order valence-electron chi connectivity index (χ4n) is 2.13. The van der Waals surface area contributed by atoms with E-state index in [2.05, 4.69) is 0 Å². The molecule has 0 aromatic heterocycles. The molecule has 0 unspecified atom stereocenters. The molecule has 21 heavy (non-hydrogen) atoms. The number of ether oxygens (including phenoxy) is 1. The molecule has 0 saturated heterocycles. The summed E-state index contributed by atoms with van der Waals surface area (Å²) in [6.45, 7) is 2.56. The maximum Gasteiger partial charge on any atom is 0.417 e. The summed E-state index contributed by atoms with van der Waals surface area (Å²) in [5.41, 5.74) is 6.18. The van der Waals surface area contributed by atoms with Gasteiger partial charge in [0.05, 0.1) is 5.56 Å². The number of rotatable bonds is 4. The van der Waals surface area contributed by atoms with Crippen molar-refractivity contribution in [3.63, 3.8) is 0 Å². The van der Waals surface area contributed by atoms with Gasteiger partial charge in [0, 0.05) is 6.54 Å². The smallest absolute Gasteiger partial charge is 0.417 e. The lowest BCUT2D eigenvalue weighted by Crippen LogP contribution is -2.11. The zero-order valence-corrected chi connectivity index (χ0v) is 11.6. The van der Waals surface area contributed by atoms with Crippen LogP contribution in [-0.2, 0) is 6.18 Å². The minimum Gasteiger partial charge on any atom is -0.492 e. The predicted octanol–water partition coefficient (Wildman–Crippen LogP) is 4.02. The third-order valence-corrected chi connectivity index (χ3v) is 3.09. The van der Waals surface area contributed by atoms with E-state index in [-0.39, 0.29) is 5.56 Å². The highest BCUT2D eigenvalue weighted by molar-refractivity contribution is 5.69. The van der Waals surface area contributed by atoms with Crippen LogP contribution < -0.4 is 10.5 Å². The van der Waals surface area contributed by atoms with Crippen molar-refractivity contribution in [3.05, 3.63) is 53.6 Å². The molecule has 0 aliphatic carbocycles. The van der Waals surface area contributed by atoms with Crippen LogP contribution in [0.1, 0.15) is 11.1 Å². The van der Waals surface area contributed by atoms with E-state index in [0.29, 0.717) is 24.5 Å². The van der Waals surface area contributed by atoms with Crippen LogP contribution in [0.25, 0.3) is 11.1 Å². The lowest BCUT2D eigenvalue weighted by Gasteiger charge is -2.14. The monoisotopic (exact) mass is 295 g/mol. The van der Waals surface area contributed by atoms with E-state index in [0.717, 1.165) is 11.6 Å². The van der Waals surface area contributed by atoms with Crippen LogP contribution in [0.3, 0.4) is 0 Å². The number of nitrogens with two attached hydrogens (primary N) is 1. The summed E-state index contributed by atoms with van der Waals surface area (Å²) in [5, 5.41) is 0. The zero-order valence-electron chi connectivity index (χ0n) is 11.6. The fourth-order valence-corrected chi connectivity index (χ4v) is 2.13. The van der Waals surface area contributed by atoms with Crippen molar-refractivity contribution >= 4 is 0 Å². The quantitative estimate of drug-likeness (QED) is 0.924. The second-order valence-electron chi connectivity index (χ2n) is 4.66. The average molecular weight is 295 g/mol. The molecule has 2 rings (SSSR count). The first-order valence-corrected chi connectivity index (χ1v) is 6.53. The van der Waals surface area contributed by atoms with Crippen LogP contribution in [0.15, 0.2) is 42.5 Å². The third-order valence-electron chi connectivity index (χ3n) is 3.09. The van der Waals surface area contributed by atoms with E-state index in [1.165, 1.54) is 12.1 Å². The Morgan fingerprint density at radius 1 is 1.10 bits per heavy atom. The number of hydrogen-bond donors (Lipinski definition) is 1. The first-order chi connectivity index (χ1) is 9.93. The normalized spacial score (nSPS) is 11.5. The highest BCUT2D eigenvalue weighted by atomic mass is 19.4. The summed E-state index contributed by atoms with van der Waals surface area (Å²) in [6.07, 6.45) is -4.38. The molecule has 112 valence electrons. The molecule has 0 aliphatic rings. The summed E-state index contributed by atoms with van der Waals surface area (Å²) in [6, 6.07) is 10.5. The summed E-state index contributed by atoms with van der Waals surface area (Å²) in [4.78, 5) is 0. The average Bonchev–Trinajstić information content (AvgIpc) is 2.45. The van der Waals surface area contributed by atoms with Crippen molar-refractivity contribution < 1.29 is 17.9 Å². The molecule has 2 nitrogen and oxygen atoms in total. The first-order valence-electron chi connectivity index (χ1n) is 6.53. The minimum atomic E-state index is -4.38. The van der Waals surface area contributed by atoms with Crippen LogP contribution in [0, 0.1) is 6.92 Å². The van der Waals surface area contributed by atoms with Crippen molar-refractivity contribution in [2.45, 2.75) is 13.1 Å². The number of alkyl halides is 3. The summed E-state index contributed by atoms with van der Waals surface area (Å²) >= 11 is 0. The van der Waals surface area contributed by atoms with Gasteiger partial charge in [-0.25, -0.2) is 0 Å². The molecule has 0 fully saturated rings. The van der Waals surface area contributed by atoms with E-state index >= 15 is 0 Å². The van der Waals surface area contributed by atoms with Crippen LogP contribution in [0.5, 0.6) is 5.75 Å². The van der Waals surface area contributed by atoms with Crippen LogP contribution >= 0.6 is 0 Å². The Morgan fingerprint density at radius 2 is 1.81 bits per heavy atom. The van der Waals surface area contributed by atoms with E-state index in [1.807, 2.05) is 0 Å². The van der Waals surface area contributed by atoms with Gasteiger partial charge in [-0.3, -0.25) is 0 Å². The van der Waals surface area contributed by atoms with Gasteiger partial charge >= 0.3 is 6.18 Å². The van der Waals surface area contributed by atoms with Crippen molar-refractivity contribution in [2.24, 2.45) is 5.73 Å². The molecule has 2 N–H and O–H groups in total. The lowest BCUT2D eigenvalue weighted by molar-refractivity contribution is -0.137. The number of benzene rings is 2. The number of halogens is 3. The van der Waals surface area contributed by atoms with Gasteiger partial charge < -0.3 is 10.5 Å². The van der Waals surface area contributed by atoms with Gasteiger partial charge in [0.15, 0.2) is 0 Å². The first kappa shape index (κ1) is 15.4. The van der Waals surface area contributed by atoms with Gasteiger partial charge in [0.25, 0.3) is 0 Å². The van der Waals surface area contributed by atoms with E-state index in [9.17, 15) is 13.2 Å². The summed E-state index contributed by atoms with van der Waals surface area (Å²) in [7, 11) is 0. The third kappa shape index (κ3) is 3.55. The van der Waals surface area contributed by atoms with Gasteiger partial charge in [0.1, 0.15) is 12.4 Å². The van der Waals surface area contributed by atoms with Gasteiger partial charge in [-0.1, -0.05) is 24.3 Å². The number of aryl methyl sites for hydroxylation is 1. The molecule has 0 atom stereocenters. The Labute approximate surface area is 121 Å². The standard InChI is InChI=1S/C16H16F3NO/c1-11-10-12(6-7-15(11)21-9-8-20)13-4-2-3-5-14(13)16(17,18)19/h2-7,10H,8-9,20H2,1H3. The van der Waals surface area contributed by atoms with Crippen LogP contribution in [0.2, 0.25) is 0 Å².